The van der Waals surface area contributed by atoms with Crippen molar-refractivity contribution in [1.29, 1.82) is 0 Å². The average Bonchev–Trinajstić information content (AvgIpc) is 1.82. The van der Waals surface area contributed by atoms with Gasteiger partial charge < -0.3 is 107 Å². The molecule has 0 aromatic rings. The molecule has 6 rings (SSSR count). The van der Waals surface area contributed by atoms with Crippen molar-refractivity contribution in [2.45, 2.75) is 136 Å². The van der Waals surface area contributed by atoms with Gasteiger partial charge in [-0.3, -0.25) is 6.58 Å². The Morgan fingerprint density at radius 3 is 0.981 bits per heavy atom. The van der Waals surface area contributed by atoms with Crippen LogP contribution in [-0.4, -0.2) is 337 Å². The molecule has 8 N–H and O–H groups in total. The second kappa shape index (κ2) is 66.3. The molecule has 23 heteroatoms. The molecule has 6 aliphatic heterocycles. The first-order chi connectivity index (χ1) is 48.7. The Labute approximate surface area is 695 Å². The maximum Gasteiger partial charge on any atom is 0.0966 e. The molecule has 0 spiro atoms. The van der Waals surface area contributed by atoms with Gasteiger partial charge in [-0.25, -0.2) is 0 Å². The zero-order valence-corrected chi connectivity index (χ0v) is 79.5. The Balaban J connectivity index is -0.000000567. The summed E-state index contributed by atoms with van der Waals surface area (Å²) in [5.41, 5.74) is 5.23. The van der Waals surface area contributed by atoms with E-state index in [1.54, 1.807) is 6.92 Å². The van der Waals surface area contributed by atoms with Crippen molar-refractivity contribution in [2.75, 3.05) is 252 Å². The molecule has 0 bridgehead atoms. The Morgan fingerprint density at radius 2 is 0.740 bits per heavy atom. The Morgan fingerprint density at radius 1 is 0.462 bits per heavy atom. The summed E-state index contributed by atoms with van der Waals surface area (Å²) in [5.74, 6) is 12.4. The van der Waals surface area contributed by atoms with Crippen LogP contribution in [0.5, 0.6) is 0 Å². The summed E-state index contributed by atoms with van der Waals surface area (Å²) in [6.45, 7) is 86.5. The summed E-state index contributed by atoms with van der Waals surface area (Å²) in [6, 6.07) is 0. The predicted molar refractivity (Wildman–Crippen MR) is 465 cm³/mol. The molecule has 104 heavy (non-hydrogen) atoms. The van der Waals surface area contributed by atoms with Crippen molar-refractivity contribution in [3.8, 4) is 0 Å². The van der Waals surface area contributed by atoms with Crippen molar-refractivity contribution in [1.82, 2.24) is 74.3 Å². The van der Waals surface area contributed by atoms with E-state index in [-0.39, 0.29) is 62.0 Å². The number of nitrogens with two attached hydrogens (primary N) is 1. The smallest absolute Gasteiger partial charge is 0.0966 e. The van der Waals surface area contributed by atoms with Gasteiger partial charge in [-0.05, 0) is 134 Å². The molecular weight excluding hydrogens is 1650 g/mol. The standard InChI is InChI=1S/C16H34N4.C15H31N3.C14H27N3O.C13H26N2O.C8H16N2O.C6H16N2O.C6H14.C3H5.I2.La/c1-14(10-17(4)5)12-19-8-9-20(16(19)3)13-15(2)11-18(6)7;1-7-13(2)11-17-8-9-18(15(17)4)12-14(3)10-16(5)6;1-12(11-18)8-16-6-7-17(13(16)2)10-14-4-5-15(3)9-14;1-5-11(2)8-14-6-7-15(13(14)4)9-12(3)10-16;1-7(6-11)5-10-4-3-9-8(10)2;1-6(5-9)4-8-3-2-7;1-4-6(3)5-2;1-3-2;1-2;/h14-15H,3,8-13H2,1-2,4-7H3;13-14H,4,7-12H2,1-3,5-6H3;12,14,18H,2,4-11H2,1,3H3;11-12,16H,4-10H2,1-3H3;7,9,11H,2-6H2,1H3;6,8-9H,2-5,7H2,1H3;6H,4-5H2,1-3H3;1H2,2H3;;/q;;;;;;;-1;;. The van der Waals surface area contributed by atoms with Crippen LogP contribution >= 0.6 is 37.2 Å². The fourth-order valence-corrected chi connectivity index (χ4v) is 12.9. The van der Waals surface area contributed by atoms with Crippen LogP contribution in [0.15, 0.2) is 68.6 Å². The van der Waals surface area contributed by atoms with Crippen LogP contribution in [0.3, 0.4) is 0 Å². The van der Waals surface area contributed by atoms with Crippen LogP contribution in [0, 0.1) is 107 Å². The fourth-order valence-electron chi connectivity index (χ4n) is 12.9. The van der Waals surface area contributed by atoms with Crippen LogP contribution in [0.1, 0.15) is 136 Å². The van der Waals surface area contributed by atoms with E-state index >= 15 is 0 Å². The summed E-state index contributed by atoms with van der Waals surface area (Å²) in [5, 5.41) is 41.8. The number of aliphatic hydroxyl groups excluding tert-OH is 4. The largest absolute Gasteiger partial charge is 0.507 e. The van der Waals surface area contributed by atoms with Crippen molar-refractivity contribution in [3.05, 3.63) is 74.7 Å². The third-order valence-electron chi connectivity index (χ3n) is 19.7. The number of allylic oxidation sites excluding steroid dienone is 1. The van der Waals surface area contributed by atoms with E-state index in [1.807, 2.05) is 13.8 Å². The summed E-state index contributed by atoms with van der Waals surface area (Å²) < 4.78 is 0. The number of nitrogens with zero attached hydrogens (tertiary/aromatic N) is 13. The van der Waals surface area contributed by atoms with E-state index in [0.717, 1.165) is 198 Å². The molecule has 6 heterocycles. The number of hydrogen-bond donors (Lipinski definition) is 7. The van der Waals surface area contributed by atoms with Crippen molar-refractivity contribution in [2.24, 2.45) is 70.8 Å². The normalized spacial score (nSPS) is 19.1. The Bertz CT molecular complexity index is 2080. The molecule has 0 saturated carbocycles. The van der Waals surface area contributed by atoms with Gasteiger partial charge in [0.25, 0.3) is 0 Å². The van der Waals surface area contributed by atoms with E-state index in [0.29, 0.717) is 48.0 Å². The molecule has 6 saturated heterocycles. The van der Waals surface area contributed by atoms with Gasteiger partial charge >= 0.3 is 0 Å². The van der Waals surface area contributed by atoms with E-state index < -0.39 is 0 Å². The van der Waals surface area contributed by atoms with Crippen LogP contribution < -0.4 is 16.4 Å². The second-order valence-electron chi connectivity index (χ2n) is 32.0. The third-order valence-corrected chi connectivity index (χ3v) is 19.7. The molecule has 6 fully saturated rings. The van der Waals surface area contributed by atoms with E-state index in [1.165, 1.54) is 56.8 Å². The zero-order chi connectivity index (χ0) is 79.3. The molecular formula is C81H169I2LaN16O4-. The molecule has 10 atom stereocenters. The molecule has 615 valence electrons. The van der Waals surface area contributed by atoms with Gasteiger partial charge in [0.15, 0.2) is 0 Å². The van der Waals surface area contributed by atoms with Crippen LogP contribution in [0.25, 0.3) is 0 Å². The van der Waals surface area contributed by atoms with Gasteiger partial charge in [-0.2, -0.15) is 6.92 Å². The van der Waals surface area contributed by atoms with Gasteiger partial charge in [0.05, 0.1) is 29.1 Å². The van der Waals surface area contributed by atoms with Gasteiger partial charge in [0, 0.05) is 263 Å². The summed E-state index contributed by atoms with van der Waals surface area (Å²) >= 11 is 4.24. The topological polar surface area (TPSA) is 173 Å². The van der Waals surface area contributed by atoms with E-state index in [9.17, 15) is 0 Å². The van der Waals surface area contributed by atoms with Crippen LogP contribution in [0.2, 0.25) is 0 Å². The number of halogens is 2. The number of nitrogens with one attached hydrogen (secondary N) is 2. The molecule has 6 aliphatic rings. The van der Waals surface area contributed by atoms with Crippen LogP contribution in [-0.2, 0) is 0 Å². The van der Waals surface area contributed by atoms with Gasteiger partial charge in [-0.15, -0.1) is 0 Å². The number of hydrogen-bond acceptors (Lipinski definition) is 20. The third kappa shape index (κ3) is 52.0. The number of likely N-dealkylation sites (tertiary alicyclic amines) is 1. The molecule has 10 unspecified atom stereocenters. The predicted octanol–water partition coefficient (Wildman–Crippen LogP) is 10.6. The average molecular weight is 1820 g/mol. The Kier molecular flexibility index (Phi) is 69.5. The quantitative estimate of drug-likeness (QED) is 0.0179. The minimum absolute atomic E-state index is 0. The maximum atomic E-state index is 9.13. The van der Waals surface area contributed by atoms with E-state index in [4.69, 9.17) is 26.2 Å². The zero-order valence-electron chi connectivity index (χ0n) is 71.6. The first-order valence-electron chi connectivity index (χ1n) is 39.7. The van der Waals surface area contributed by atoms with Crippen LogP contribution in [0.4, 0.5) is 0 Å². The molecule has 0 aromatic carbocycles. The van der Waals surface area contributed by atoms with Crippen molar-refractivity contribution < 1.29 is 56.0 Å². The maximum absolute atomic E-state index is 9.13. The molecule has 0 amide bonds. The first-order valence-corrected chi connectivity index (χ1v) is 45.9. The van der Waals surface area contributed by atoms with Gasteiger partial charge in [-0.1, -0.05) is 156 Å². The van der Waals surface area contributed by atoms with Gasteiger partial charge in [0.1, 0.15) is 0 Å². The van der Waals surface area contributed by atoms with Gasteiger partial charge in [0.2, 0.25) is 0 Å². The SMILES string of the molecule is C=C1N(CC(C)CC)CCN1CC(C)CN(C)C.C=C1N(CC(C)CC)CCN1CC(C)CO.C=C1N(CC(C)CN(C)C)CCN1CC(C)CN(C)C.C=C1N(CC(C)CO)CCN1CC1CCN(C)C1.C=C1NCCN1CC(C)CO.C=[C-]C.CC(CO)CNCCN.CCC(C)CC.II.[La]. The minimum Gasteiger partial charge on any atom is -0.507 e. The summed E-state index contributed by atoms with van der Waals surface area (Å²) in [6.07, 6.45) is 8.94. The number of aliphatic hydroxyl groups is 4. The molecule has 1 radical (unpaired) electrons. The monoisotopic (exact) mass is 1820 g/mol. The van der Waals surface area contributed by atoms with Crippen molar-refractivity contribution >= 4 is 37.2 Å². The minimum atomic E-state index is 0. The first kappa shape index (κ1) is 109. The second-order valence-corrected chi connectivity index (χ2v) is 32.0. The summed E-state index contributed by atoms with van der Waals surface area (Å²) in [4.78, 5) is 30.6. The number of rotatable bonds is 36. The van der Waals surface area contributed by atoms with Crippen molar-refractivity contribution in [3.63, 3.8) is 0 Å². The Hall–Kier alpha value is -1.31. The fraction of sp³-hybridized carbons (Fsp3) is 0.852. The molecule has 0 aliphatic carbocycles. The molecule has 20 nitrogen and oxygen atoms in total. The van der Waals surface area contributed by atoms with E-state index in [2.05, 4.69) is 290 Å². The summed E-state index contributed by atoms with van der Waals surface area (Å²) in [7, 11) is 15.1. The molecule has 0 aromatic heterocycles.